The summed E-state index contributed by atoms with van der Waals surface area (Å²) in [5, 5.41) is 11.1. The number of nitrogens with zero attached hydrogens (tertiary/aromatic N) is 1. The Labute approximate surface area is 152 Å². The monoisotopic (exact) mass is 402 g/mol. The van der Waals surface area contributed by atoms with E-state index in [0.717, 1.165) is 42.5 Å². The van der Waals surface area contributed by atoms with Gasteiger partial charge < -0.3 is 0 Å². The summed E-state index contributed by atoms with van der Waals surface area (Å²) in [7, 11) is -3.85. The lowest BCUT2D eigenvalue weighted by Gasteiger charge is -2.10. The minimum Gasteiger partial charge on any atom is -0.289 e. The number of carbonyl (C=O) groups is 1. The van der Waals surface area contributed by atoms with Gasteiger partial charge in [-0.05, 0) is 31.2 Å². The van der Waals surface area contributed by atoms with E-state index in [4.69, 9.17) is 0 Å². The molecule has 0 aliphatic rings. The van der Waals surface area contributed by atoms with Gasteiger partial charge in [0, 0.05) is 17.2 Å². The Morgan fingerprint density at radius 1 is 1.11 bits per heavy atom. The average Bonchev–Trinajstić information content (AvgIpc) is 2.60. The van der Waals surface area contributed by atoms with Gasteiger partial charge >= 0.3 is 6.18 Å². The molecule has 11 heteroatoms. The van der Waals surface area contributed by atoms with Gasteiger partial charge in [-0.3, -0.25) is 19.6 Å². The second kappa shape index (κ2) is 7.35. The van der Waals surface area contributed by atoms with Crippen LogP contribution in [0.25, 0.3) is 0 Å². The van der Waals surface area contributed by atoms with E-state index in [1.165, 1.54) is 6.92 Å². The smallest absolute Gasteiger partial charge is 0.289 e. The number of anilines is 1. The molecule has 2 aromatic carbocycles. The number of carbonyl (C=O) groups excluding carboxylic acids is 1. The zero-order valence-electron chi connectivity index (χ0n) is 13.8. The van der Waals surface area contributed by atoms with Crippen LogP contribution in [0, 0.1) is 10.1 Å². The quantitative estimate of drug-likeness (QED) is 0.451. The standard InChI is InChI=1S/C16H13F3N2O5S/c1-2-27(25,26)20-13-9-11(5-8-14(13)21(23)24)15(22)10-3-6-12(7-4-10)16(17,18)19/h3-9,20H,2H2,1H3. The molecule has 0 fully saturated rings. The molecule has 2 aromatic rings. The number of hydrogen-bond acceptors (Lipinski definition) is 5. The van der Waals surface area contributed by atoms with Crippen molar-refractivity contribution in [3.8, 4) is 0 Å². The van der Waals surface area contributed by atoms with E-state index in [1.54, 1.807) is 0 Å². The molecule has 0 heterocycles. The van der Waals surface area contributed by atoms with Crippen molar-refractivity contribution in [2.75, 3.05) is 10.5 Å². The Morgan fingerprint density at radius 2 is 1.67 bits per heavy atom. The number of nitrogens with one attached hydrogen (secondary N) is 1. The van der Waals surface area contributed by atoms with Crippen molar-refractivity contribution in [2.45, 2.75) is 13.1 Å². The van der Waals surface area contributed by atoms with E-state index in [-0.39, 0.29) is 16.9 Å². The average molecular weight is 402 g/mol. The van der Waals surface area contributed by atoms with Crippen LogP contribution in [-0.2, 0) is 16.2 Å². The van der Waals surface area contributed by atoms with Gasteiger partial charge in [0.25, 0.3) is 5.69 Å². The molecule has 0 saturated heterocycles. The fourth-order valence-corrected chi connectivity index (χ4v) is 2.78. The minimum atomic E-state index is -4.56. The van der Waals surface area contributed by atoms with Crippen molar-refractivity contribution < 1.29 is 31.3 Å². The summed E-state index contributed by atoms with van der Waals surface area (Å²) in [4.78, 5) is 22.7. The Bertz CT molecular complexity index is 986. The first-order valence-electron chi connectivity index (χ1n) is 7.45. The number of nitro benzene ring substituents is 1. The number of nitro groups is 1. The molecule has 0 bridgehead atoms. The topological polar surface area (TPSA) is 106 Å². The number of alkyl halides is 3. The maximum atomic E-state index is 12.6. The van der Waals surface area contributed by atoms with Crippen LogP contribution in [0.4, 0.5) is 24.5 Å². The van der Waals surface area contributed by atoms with Crippen LogP contribution in [0.3, 0.4) is 0 Å². The summed E-state index contributed by atoms with van der Waals surface area (Å²) in [6, 6.07) is 6.45. The zero-order chi connectivity index (χ0) is 20.4. The molecule has 7 nitrogen and oxygen atoms in total. The van der Waals surface area contributed by atoms with Gasteiger partial charge in [0.05, 0.1) is 16.2 Å². The van der Waals surface area contributed by atoms with Crippen LogP contribution >= 0.6 is 0 Å². The van der Waals surface area contributed by atoms with Gasteiger partial charge in [-0.1, -0.05) is 12.1 Å². The first kappa shape index (κ1) is 20.4. The Morgan fingerprint density at radius 3 is 2.15 bits per heavy atom. The molecule has 0 aromatic heterocycles. The minimum absolute atomic E-state index is 0.0823. The van der Waals surface area contributed by atoms with Crippen molar-refractivity contribution >= 4 is 27.2 Å². The molecule has 2 rings (SSSR count). The summed E-state index contributed by atoms with van der Waals surface area (Å²) in [6.45, 7) is 1.32. The van der Waals surface area contributed by atoms with Crippen LogP contribution in [0.5, 0.6) is 0 Å². The highest BCUT2D eigenvalue weighted by atomic mass is 32.2. The fourth-order valence-electron chi connectivity index (χ4n) is 2.14. The third-order valence-electron chi connectivity index (χ3n) is 3.58. The first-order chi connectivity index (χ1) is 12.4. The summed E-state index contributed by atoms with van der Waals surface area (Å²) in [5.41, 5.74) is -2.09. The van der Waals surface area contributed by atoms with Crippen LogP contribution in [0.1, 0.15) is 28.4 Å². The molecule has 27 heavy (non-hydrogen) atoms. The molecule has 0 spiro atoms. The summed E-state index contributed by atoms with van der Waals surface area (Å²) in [6.07, 6.45) is -4.56. The SMILES string of the molecule is CCS(=O)(=O)Nc1cc(C(=O)c2ccc(C(F)(F)F)cc2)ccc1[N+](=O)[O-]. The normalized spacial score (nSPS) is 11.9. The second-order valence-corrected chi connectivity index (χ2v) is 7.41. The van der Waals surface area contributed by atoms with Gasteiger partial charge in [-0.25, -0.2) is 8.42 Å². The van der Waals surface area contributed by atoms with E-state index < -0.39 is 43.8 Å². The van der Waals surface area contributed by atoms with Crippen molar-refractivity contribution in [3.05, 3.63) is 69.3 Å². The molecule has 0 radical (unpaired) electrons. The van der Waals surface area contributed by atoms with Crippen LogP contribution < -0.4 is 4.72 Å². The second-order valence-electron chi connectivity index (χ2n) is 5.40. The van der Waals surface area contributed by atoms with Gasteiger partial charge in [0.2, 0.25) is 10.0 Å². The Kier molecular flexibility index (Phi) is 5.54. The van der Waals surface area contributed by atoms with Crippen LogP contribution in [0.15, 0.2) is 42.5 Å². The first-order valence-corrected chi connectivity index (χ1v) is 9.10. The van der Waals surface area contributed by atoms with Gasteiger partial charge in [-0.2, -0.15) is 13.2 Å². The molecule has 0 amide bonds. The molecule has 144 valence electrons. The predicted octanol–water partition coefficient (Wildman–Crippen LogP) is 3.61. The van der Waals surface area contributed by atoms with E-state index in [1.807, 2.05) is 4.72 Å². The third kappa shape index (κ3) is 4.82. The molecule has 0 unspecified atom stereocenters. The van der Waals surface area contributed by atoms with Gasteiger partial charge in [-0.15, -0.1) is 0 Å². The molecule has 0 aliphatic carbocycles. The Balaban J connectivity index is 2.43. The zero-order valence-corrected chi connectivity index (χ0v) is 14.6. The lowest BCUT2D eigenvalue weighted by Crippen LogP contribution is -2.16. The molecule has 0 saturated carbocycles. The molecular formula is C16H13F3N2O5S. The highest BCUT2D eigenvalue weighted by molar-refractivity contribution is 7.92. The summed E-state index contributed by atoms with van der Waals surface area (Å²) < 4.78 is 63.2. The molecule has 0 atom stereocenters. The maximum absolute atomic E-state index is 12.6. The van der Waals surface area contributed by atoms with Crippen LogP contribution in [0.2, 0.25) is 0 Å². The van der Waals surface area contributed by atoms with Crippen molar-refractivity contribution in [3.63, 3.8) is 0 Å². The molecule has 0 aliphatic heterocycles. The number of rotatable bonds is 6. The summed E-state index contributed by atoms with van der Waals surface area (Å²) in [5.74, 6) is -1.06. The van der Waals surface area contributed by atoms with E-state index in [0.29, 0.717) is 0 Å². The molecule has 1 N–H and O–H groups in total. The highest BCUT2D eigenvalue weighted by Gasteiger charge is 2.30. The van der Waals surface area contributed by atoms with Crippen molar-refractivity contribution in [2.24, 2.45) is 0 Å². The lowest BCUT2D eigenvalue weighted by atomic mass is 10.0. The highest BCUT2D eigenvalue weighted by Crippen LogP contribution is 2.30. The number of halogens is 3. The number of hydrogen-bond donors (Lipinski definition) is 1. The summed E-state index contributed by atoms with van der Waals surface area (Å²) >= 11 is 0. The number of sulfonamides is 1. The predicted molar refractivity (Wildman–Crippen MR) is 91.1 cm³/mol. The third-order valence-corrected chi connectivity index (χ3v) is 4.87. The number of benzene rings is 2. The van der Waals surface area contributed by atoms with Gasteiger partial charge in [0.1, 0.15) is 5.69 Å². The Hall–Kier alpha value is -2.95. The largest absolute Gasteiger partial charge is 0.416 e. The van der Waals surface area contributed by atoms with Crippen molar-refractivity contribution in [1.29, 1.82) is 0 Å². The maximum Gasteiger partial charge on any atom is 0.416 e. The lowest BCUT2D eigenvalue weighted by molar-refractivity contribution is -0.383. The van der Waals surface area contributed by atoms with Crippen molar-refractivity contribution in [1.82, 2.24) is 0 Å². The van der Waals surface area contributed by atoms with E-state index in [2.05, 4.69) is 0 Å². The van der Waals surface area contributed by atoms with E-state index in [9.17, 15) is 36.5 Å². The van der Waals surface area contributed by atoms with E-state index >= 15 is 0 Å². The van der Waals surface area contributed by atoms with Gasteiger partial charge in [0.15, 0.2) is 5.78 Å². The number of ketones is 1. The molecular weight excluding hydrogens is 389 g/mol. The van der Waals surface area contributed by atoms with Crippen LogP contribution in [-0.4, -0.2) is 24.9 Å². The fraction of sp³-hybridized carbons (Fsp3) is 0.188.